The van der Waals surface area contributed by atoms with Gasteiger partial charge in [-0.25, -0.2) is 0 Å². The average Bonchev–Trinajstić information content (AvgIpc) is 3.30. The number of hydrogen-bond donors (Lipinski definition) is 1. The van der Waals surface area contributed by atoms with E-state index in [9.17, 15) is 27.6 Å². The maximum absolute atomic E-state index is 12.8. The van der Waals surface area contributed by atoms with Crippen LogP contribution in [-0.4, -0.2) is 77.7 Å². The second kappa shape index (κ2) is 8.84. The Bertz CT molecular complexity index is 995. The second-order valence-corrected chi connectivity index (χ2v) is 9.38. The van der Waals surface area contributed by atoms with Crippen molar-refractivity contribution in [3.63, 3.8) is 0 Å². The molecule has 0 aromatic heterocycles. The molecule has 1 unspecified atom stereocenters. The van der Waals surface area contributed by atoms with E-state index in [0.717, 1.165) is 24.8 Å². The van der Waals surface area contributed by atoms with Crippen LogP contribution in [0.1, 0.15) is 48.0 Å². The summed E-state index contributed by atoms with van der Waals surface area (Å²) in [6, 6.07) is 4.71. The van der Waals surface area contributed by atoms with Crippen LogP contribution in [-0.2, 0) is 20.9 Å². The first-order valence-corrected chi connectivity index (χ1v) is 11.5. The molecule has 1 N–H and O–H groups in total. The summed E-state index contributed by atoms with van der Waals surface area (Å²) in [6.07, 6.45) is -1.60. The van der Waals surface area contributed by atoms with Gasteiger partial charge < -0.3 is 14.4 Å². The Morgan fingerprint density at radius 2 is 1.88 bits per heavy atom. The molecule has 11 heteroatoms. The number of rotatable bonds is 6. The second-order valence-electron chi connectivity index (χ2n) is 9.38. The number of nitrogens with one attached hydrogen (secondary N) is 1. The van der Waals surface area contributed by atoms with Gasteiger partial charge in [-0.15, -0.1) is 0 Å². The van der Waals surface area contributed by atoms with Gasteiger partial charge in [0, 0.05) is 37.7 Å². The Kier molecular flexibility index (Phi) is 6.01. The normalized spacial score (nSPS) is 28.1. The van der Waals surface area contributed by atoms with Crippen LogP contribution in [0.15, 0.2) is 18.2 Å². The van der Waals surface area contributed by atoms with Gasteiger partial charge in [-0.1, -0.05) is 0 Å². The maximum atomic E-state index is 12.8. The van der Waals surface area contributed by atoms with Gasteiger partial charge in [-0.05, 0) is 49.4 Å². The minimum Gasteiger partial charge on any atom is -0.489 e. The van der Waals surface area contributed by atoms with Crippen molar-refractivity contribution in [2.24, 2.45) is 0 Å². The molecule has 1 saturated carbocycles. The third kappa shape index (κ3) is 4.63. The molecule has 0 radical (unpaired) electrons. The van der Waals surface area contributed by atoms with Crippen LogP contribution < -0.4 is 10.1 Å². The molecule has 3 aliphatic heterocycles. The summed E-state index contributed by atoms with van der Waals surface area (Å²) < 4.78 is 48.2. The zero-order valence-electron chi connectivity index (χ0n) is 18.5. The number of alkyl halides is 3. The molecular weight excluding hydrogens is 455 g/mol. The van der Waals surface area contributed by atoms with Gasteiger partial charge in [0.1, 0.15) is 24.5 Å². The lowest BCUT2D eigenvalue weighted by atomic mass is 10.0. The molecule has 1 aromatic rings. The molecule has 3 heterocycles. The molecule has 0 bridgehead atoms. The van der Waals surface area contributed by atoms with E-state index < -0.39 is 30.8 Å². The Labute approximate surface area is 194 Å². The molecular formula is C23H26F3N3O5. The quantitative estimate of drug-likeness (QED) is 0.626. The molecule has 2 saturated heterocycles. The molecule has 0 spiro atoms. The molecule has 3 fully saturated rings. The molecule has 3 amide bonds. The van der Waals surface area contributed by atoms with Crippen LogP contribution in [0.4, 0.5) is 13.2 Å². The number of nitrogens with zero attached hydrogens (tertiary/aromatic N) is 2. The van der Waals surface area contributed by atoms with Gasteiger partial charge in [-0.2, -0.15) is 13.2 Å². The van der Waals surface area contributed by atoms with Crippen molar-refractivity contribution >= 4 is 17.7 Å². The average molecular weight is 481 g/mol. The molecule has 1 aliphatic carbocycles. The van der Waals surface area contributed by atoms with Gasteiger partial charge in [0.25, 0.3) is 5.91 Å². The number of carbonyl (C=O) groups is 3. The Hall–Kier alpha value is -2.66. The third-order valence-corrected chi connectivity index (χ3v) is 7.03. The zero-order valence-corrected chi connectivity index (χ0v) is 18.5. The van der Waals surface area contributed by atoms with Gasteiger partial charge in [0.05, 0.1) is 6.10 Å². The Morgan fingerprint density at radius 3 is 2.62 bits per heavy atom. The number of amides is 3. The largest absolute Gasteiger partial charge is 0.489 e. The predicted molar refractivity (Wildman–Crippen MR) is 112 cm³/mol. The van der Waals surface area contributed by atoms with Crippen molar-refractivity contribution < 1.29 is 37.0 Å². The highest BCUT2D eigenvalue weighted by Crippen LogP contribution is 2.35. The number of carbonyl (C=O) groups excluding carboxylic acids is 3. The van der Waals surface area contributed by atoms with E-state index in [0.29, 0.717) is 30.8 Å². The lowest BCUT2D eigenvalue weighted by Gasteiger charge is -2.44. The fourth-order valence-corrected chi connectivity index (χ4v) is 5.32. The number of ether oxygens (including phenoxy) is 2. The number of likely N-dealkylation sites (tertiary alicyclic amines) is 1. The van der Waals surface area contributed by atoms with Crippen LogP contribution in [0.5, 0.6) is 5.75 Å². The summed E-state index contributed by atoms with van der Waals surface area (Å²) in [5.41, 5.74) is 1.29. The van der Waals surface area contributed by atoms with Crippen LogP contribution in [0, 0.1) is 0 Å². The fraction of sp³-hybridized carbons (Fsp3) is 0.609. The minimum atomic E-state index is -4.32. The summed E-state index contributed by atoms with van der Waals surface area (Å²) in [5.74, 6) is -0.387. The van der Waals surface area contributed by atoms with Crippen molar-refractivity contribution in [2.75, 3.05) is 19.7 Å². The highest BCUT2D eigenvalue weighted by Gasteiger charge is 2.43. The number of piperidine rings is 1. The molecule has 4 aliphatic rings. The first-order valence-electron chi connectivity index (χ1n) is 11.5. The van der Waals surface area contributed by atoms with Crippen LogP contribution in [0.2, 0.25) is 0 Å². The van der Waals surface area contributed by atoms with E-state index in [1.54, 1.807) is 12.1 Å². The van der Waals surface area contributed by atoms with Crippen molar-refractivity contribution in [1.29, 1.82) is 0 Å². The van der Waals surface area contributed by atoms with Crippen LogP contribution >= 0.6 is 0 Å². The van der Waals surface area contributed by atoms with Crippen molar-refractivity contribution in [1.82, 2.24) is 15.1 Å². The lowest BCUT2D eigenvalue weighted by Crippen LogP contribution is -2.59. The van der Waals surface area contributed by atoms with Crippen LogP contribution in [0.25, 0.3) is 0 Å². The van der Waals surface area contributed by atoms with Gasteiger partial charge in [0.15, 0.2) is 0 Å². The number of halogens is 3. The molecule has 3 atom stereocenters. The first-order chi connectivity index (χ1) is 16.2. The highest BCUT2D eigenvalue weighted by molar-refractivity contribution is 6.05. The number of benzene rings is 1. The van der Waals surface area contributed by atoms with Crippen molar-refractivity contribution in [2.45, 2.75) is 69.1 Å². The SMILES string of the molecule is O=C1CCC(N2Cc3cc(O[C@H]4CCC[C@@H]4N4CC(OCC(F)(F)F)C4)ccc3C2=O)C(=O)N1. The summed E-state index contributed by atoms with van der Waals surface area (Å²) in [6.45, 7) is -0.0314. The number of fused-ring (bicyclic) bond motifs is 1. The van der Waals surface area contributed by atoms with Gasteiger partial charge in [0.2, 0.25) is 11.8 Å². The topological polar surface area (TPSA) is 88.2 Å². The molecule has 34 heavy (non-hydrogen) atoms. The molecule has 184 valence electrons. The third-order valence-electron chi connectivity index (χ3n) is 7.03. The fourth-order valence-electron chi connectivity index (χ4n) is 5.32. The molecule has 8 nitrogen and oxygen atoms in total. The zero-order chi connectivity index (χ0) is 24.0. The molecule has 5 rings (SSSR count). The van der Waals surface area contributed by atoms with E-state index in [2.05, 4.69) is 10.2 Å². The Balaban J connectivity index is 1.19. The maximum Gasteiger partial charge on any atom is 0.411 e. The smallest absolute Gasteiger partial charge is 0.411 e. The molecule has 1 aromatic carbocycles. The van der Waals surface area contributed by atoms with Crippen molar-refractivity contribution in [3.8, 4) is 5.75 Å². The predicted octanol–water partition coefficient (Wildman–Crippen LogP) is 2.01. The van der Waals surface area contributed by atoms with E-state index >= 15 is 0 Å². The highest BCUT2D eigenvalue weighted by atomic mass is 19.4. The minimum absolute atomic E-state index is 0.0926. The van der Waals surface area contributed by atoms with Gasteiger partial charge in [-0.3, -0.25) is 24.6 Å². The summed E-state index contributed by atoms with van der Waals surface area (Å²) in [7, 11) is 0. The van der Waals surface area contributed by atoms with Crippen molar-refractivity contribution in [3.05, 3.63) is 29.3 Å². The lowest BCUT2D eigenvalue weighted by molar-refractivity contribution is -0.202. The van der Waals surface area contributed by atoms with E-state index in [1.165, 1.54) is 4.90 Å². The number of hydrogen-bond acceptors (Lipinski definition) is 6. The Morgan fingerprint density at radius 1 is 1.09 bits per heavy atom. The summed E-state index contributed by atoms with van der Waals surface area (Å²) in [5, 5.41) is 2.29. The van der Waals surface area contributed by atoms with Gasteiger partial charge >= 0.3 is 6.18 Å². The van der Waals surface area contributed by atoms with E-state index in [1.807, 2.05) is 6.07 Å². The standard InChI is InChI=1S/C23H26F3N3O5/c24-23(25,26)12-33-15-10-28(11-15)17-2-1-3-19(17)34-14-4-5-16-13(8-14)9-29(22(16)32)18-6-7-20(30)27-21(18)31/h4-5,8,15,17-19H,1-3,6-7,9-12H2,(H,27,30,31)/t17-,18?,19-/m0/s1. The number of imide groups is 1. The monoisotopic (exact) mass is 481 g/mol. The summed E-state index contributed by atoms with van der Waals surface area (Å²) in [4.78, 5) is 40.1. The van der Waals surface area contributed by atoms with E-state index in [-0.39, 0.29) is 36.9 Å². The summed E-state index contributed by atoms with van der Waals surface area (Å²) >= 11 is 0. The van der Waals surface area contributed by atoms with E-state index in [4.69, 9.17) is 9.47 Å². The first kappa shape index (κ1) is 23.1. The van der Waals surface area contributed by atoms with Crippen LogP contribution in [0.3, 0.4) is 0 Å².